The van der Waals surface area contributed by atoms with Crippen molar-refractivity contribution in [3.05, 3.63) is 0 Å². The molecule has 2 rings (SSSR count). The summed E-state index contributed by atoms with van der Waals surface area (Å²) in [5.74, 6) is -1.37. The van der Waals surface area contributed by atoms with Gasteiger partial charge in [-0.1, -0.05) is 0 Å². The van der Waals surface area contributed by atoms with Crippen LogP contribution in [0.3, 0.4) is 0 Å². The Bertz CT molecular complexity index is 398. The maximum Gasteiger partial charge on any atom is 0.315 e. The molecule has 19 heavy (non-hydrogen) atoms. The first kappa shape index (κ1) is 13.6. The summed E-state index contributed by atoms with van der Waals surface area (Å²) in [7, 11) is 0. The highest BCUT2D eigenvalue weighted by Gasteiger charge is 2.51. The van der Waals surface area contributed by atoms with Crippen LogP contribution in [0, 0.1) is 17.8 Å². The van der Waals surface area contributed by atoms with Crippen molar-refractivity contribution in [3.8, 4) is 0 Å². The molecule has 0 heterocycles. The third-order valence-corrected chi connectivity index (χ3v) is 4.16. The molecular weight excluding hydrogens is 250 g/mol. The summed E-state index contributed by atoms with van der Waals surface area (Å²) in [6.07, 6.45) is 2.86. The van der Waals surface area contributed by atoms with Gasteiger partial charge < -0.3 is 21.5 Å². The van der Waals surface area contributed by atoms with E-state index in [9.17, 15) is 19.5 Å². The van der Waals surface area contributed by atoms with Crippen molar-refractivity contribution in [3.63, 3.8) is 0 Å². The number of primary amides is 1. The van der Waals surface area contributed by atoms with E-state index < -0.39 is 23.8 Å². The fraction of sp³-hybridized carbons (Fsp3) is 0.750. The number of fused-ring (bicyclic) bond motifs is 2. The largest absolute Gasteiger partial charge is 0.481 e. The minimum atomic E-state index is -0.838. The van der Waals surface area contributed by atoms with E-state index in [2.05, 4.69) is 10.6 Å². The van der Waals surface area contributed by atoms with Gasteiger partial charge in [-0.25, -0.2) is 4.79 Å². The number of carboxylic acids is 1. The van der Waals surface area contributed by atoms with Gasteiger partial charge in [-0.2, -0.15) is 0 Å². The molecular formula is C12H19N3O4. The third kappa shape index (κ3) is 2.97. The van der Waals surface area contributed by atoms with Gasteiger partial charge in [0.1, 0.15) is 0 Å². The summed E-state index contributed by atoms with van der Waals surface area (Å²) in [5.41, 5.74) is 4.97. The lowest BCUT2D eigenvalue weighted by molar-refractivity contribution is -0.144. The van der Waals surface area contributed by atoms with E-state index in [1.807, 2.05) is 0 Å². The lowest BCUT2D eigenvalue weighted by atomic mass is 9.84. The van der Waals surface area contributed by atoms with E-state index in [4.69, 9.17) is 5.73 Å². The maximum atomic E-state index is 11.7. The Kier molecular flexibility index (Phi) is 3.92. The number of hydrogen-bond donors (Lipinski definition) is 4. The van der Waals surface area contributed by atoms with Gasteiger partial charge in [0.05, 0.1) is 5.92 Å². The predicted octanol–water partition coefficient (Wildman–Crippen LogP) is -0.340. The third-order valence-electron chi connectivity index (χ3n) is 4.16. The number of amides is 3. The molecule has 7 nitrogen and oxygen atoms in total. The van der Waals surface area contributed by atoms with E-state index in [-0.39, 0.29) is 30.8 Å². The van der Waals surface area contributed by atoms with Crippen LogP contribution in [0.4, 0.5) is 4.79 Å². The minimum Gasteiger partial charge on any atom is -0.481 e. The van der Waals surface area contributed by atoms with Crippen LogP contribution < -0.4 is 16.4 Å². The van der Waals surface area contributed by atoms with Gasteiger partial charge in [0.15, 0.2) is 0 Å². The van der Waals surface area contributed by atoms with Crippen LogP contribution in [0.1, 0.15) is 25.7 Å². The van der Waals surface area contributed by atoms with Crippen LogP contribution >= 0.6 is 0 Å². The average molecular weight is 269 g/mol. The molecule has 0 radical (unpaired) electrons. The lowest BCUT2D eigenvalue weighted by Gasteiger charge is -2.28. The molecule has 0 aromatic heterocycles. The zero-order valence-corrected chi connectivity index (χ0v) is 10.6. The minimum absolute atomic E-state index is 0.0759. The van der Waals surface area contributed by atoms with E-state index in [0.717, 1.165) is 19.3 Å². The molecule has 4 unspecified atom stereocenters. The van der Waals surface area contributed by atoms with Gasteiger partial charge in [0, 0.05) is 19.0 Å². The van der Waals surface area contributed by atoms with Crippen LogP contribution in [0.5, 0.6) is 0 Å². The van der Waals surface area contributed by atoms with E-state index in [1.165, 1.54) is 0 Å². The standard InChI is InChI=1S/C12H19N3O4/c13-8(16)3-4-14-12(19)15-10-7-2-1-6(5-7)9(10)11(17)18/h6-7,9-10H,1-5H2,(H2,13,16)(H,17,18)(H2,14,15,19). The summed E-state index contributed by atoms with van der Waals surface area (Å²) in [4.78, 5) is 33.5. The Hall–Kier alpha value is -1.79. The topological polar surface area (TPSA) is 122 Å². The van der Waals surface area contributed by atoms with Gasteiger partial charge in [0.25, 0.3) is 0 Å². The van der Waals surface area contributed by atoms with Crippen molar-refractivity contribution in [2.24, 2.45) is 23.5 Å². The summed E-state index contributed by atoms with van der Waals surface area (Å²) in [6, 6.07) is -0.727. The highest BCUT2D eigenvalue weighted by atomic mass is 16.4. The van der Waals surface area contributed by atoms with Gasteiger partial charge >= 0.3 is 12.0 Å². The number of carboxylic acid groups (broad SMARTS) is 1. The van der Waals surface area contributed by atoms with Gasteiger partial charge in [0.2, 0.25) is 5.91 Å². The van der Waals surface area contributed by atoms with Gasteiger partial charge in [-0.05, 0) is 31.1 Å². The fourth-order valence-electron chi connectivity index (χ4n) is 3.36. The van der Waals surface area contributed by atoms with E-state index >= 15 is 0 Å². The molecule has 3 amide bonds. The summed E-state index contributed by atoms with van der Waals surface area (Å²) in [6.45, 7) is 0.166. The molecule has 2 aliphatic rings. The molecule has 2 aliphatic carbocycles. The monoisotopic (exact) mass is 269 g/mol. The number of urea groups is 1. The smallest absolute Gasteiger partial charge is 0.315 e. The number of nitrogens with one attached hydrogen (secondary N) is 2. The number of carbonyl (C=O) groups excluding carboxylic acids is 2. The highest BCUT2D eigenvalue weighted by molar-refractivity contribution is 5.78. The normalized spacial score (nSPS) is 32.0. The second-order valence-electron chi connectivity index (χ2n) is 5.34. The molecule has 0 aromatic rings. The first-order chi connectivity index (χ1) is 8.99. The van der Waals surface area contributed by atoms with Crippen LogP contribution in [0.25, 0.3) is 0 Å². The van der Waals surface area contributed by atoms with Crippen molar-refractivity contribution in [2.75, 3.05) is 6.54 Å². The van der Waals surface area contributed by atoms with E-state index in [1.54, 1.807) is 0 Å². The molecule has 2 saturated carbocycles. The van der Waals surface area contributed by atoms with Crippen LogP contribution in [-0.2, 0) is 9.59 Å². The molecule has 0 saturated heterocycles. The molecule has 0 aromatic carbocycles. The number of aliphatic carboxylic acids is 1. The van der Waals surface area contributed by atoms with Crippen LogP contribution in [0.15, 0.2) is 0 Å². The number of carbonyl (C=O) groups is 3. The Morgan fingerprint density at radius 2 is 1.89 bits per heavy atom. The molecule has 2 fully saturated rings. The Morgan fingerprint density at radius 3 is 2.53 bits per heavy atom. The van der Waals surface area contributed by atoms with E-state index in [0.29, 0.717) is 0 Å². The number of rotatable bonds is 5. The first-order valence-corrected chi connectivity index (χ1v) is 6.54. The summed E-state index contributed by atoms with van der Waals surface area (Å²) < 4.78 is 0. The fourth-order valence-corrected chi connectivity index (χ4v) is 3.36. The van der Waals surface area contributed by atoms with Crippen molar-refractivity contribution in [1.29, 1.82) is 0 Å². The molecule has 0 aliphatic heterocycles. The average Bonchev–Trinajstić information content (AvgIpc) is 2.88. The number of hydrogen-bond acceptors (Lipinski definition) is 3. The molecule has 7 heteroatoms. The van der Waals surface area contributed by atoms with Gasteiger partial charge in [-0.15, -0.1) is 0 Å². The summed E-state index contributed by atoms with van der Waals surface area (Å²) >= 11 is 0. The van der Waals surface area contributed by atoms with Crippen molar-refractivity contribution in [1.82, 2.24) is 10.6 Å². The molecule has 2 bridgehead atoms. The highest BCUT2D eigenvalue weighted by Crippen LogP contribution is 2.48. The molecule has 4 atom stereocenters. The summed E-state index contributed by atoms with van der Waals surface area (Å²) in [5, 5.41) is 14.5. The predicted molar refractivity (Wildman–Crippen MR) is 66.1 cm³/mol. The van der Waals surface area contributed by atoms with Crippen LogP contribution in [0.2, 0.25) is 0 Å². The Morgan fingerprint density at radius 1 is 1.21 bits per heavy atom. The van der Waals surface area contributed by atoms with Crippen LogP contribution in [-0.4, -0.2) is 35.6 Å². The zero-order chi connectivity index (χ0) is 14.0. The Labute approximate surface area is 110 Å². The quantitative estimate of drug-likeness (QED) is 0.545. The molecule has 106 valence electrons. The second-order valence-corrected chi connectivity index (χ2v) is 5.34. The number of nitrogens with two attached hydrogens (primary N) is 1. The second kappa shape index (κ2) is 5.46. The lowest BCUT2D eigenvalue weighted by Crippen LogP contribution is -2.50. The SMILES string of the molecule is NC(=O)CCNC(=O)NC1C2CCC(C2)C1C(=O)O. The molecule has 0 spiro atoms. The van der Waals surface area contributed by atoms with Crippen molar-refractivity contribution in [2.45, 2.75) is 31.7 Å². The van der Waals surface area contributed by atoms with Crippen molar-refractivity contribution < 1.29 is 19.5 Å². The maximum absolute atomic E-state index is 11.7. The first-order valence-electron chi connectivity index (χ1n) is 6.54. The van der Waals surface area contributed by atoms with Crippen molar-refractivity contribution >= 4 is 17.9 Å². The Balaban J connectivity index is 1.85. The molecule has 5 N–H and O–H groups in total. The van der Waals surface area contributed by atoms with Gasteiger partial charge in [-0.3, -0.25) is 9.59 Å². The zero-order valence-electron chi connectivity index (χ0n) is 10.6.